The van der Waals surface area contributed by atoms with Crippen LogP contribution in [0.5, 0.6) is 0 Å². The summed E-state index contributed by atoms with van der Waals surface area (Å²) in [6.07, 6.45) is -1.95. The van der Waals surface area contributed by atoms with Crippen LogP contribution in [0.15, 0.2) is 0 Å². The van der Waals surface area contributed by atoms with Gasteiger partial charge in [0.15, 0.2) is 17.2 Å². The minimum atomic E-state index is -1.62. The summed E-state index contributed by atoms with van der Waals surface area (Å²) in [6.45, 7) is 9.04. The Morgan fingerprint density at radius 2 is 1.55 bits per heavy atom. The van der Waals surface area contributed by atoms with Crippen molar-refractivity contribution in [2.75, 3.05) is 13.2 Å². The molecule has 0 N–H and O–H groups in total. The normalized spacial score (nSPS) is 50.1. The predicted octanol–water partition coefficient (Wildman–Crippen LogP) is 1.78. The third-order valence-electron chi connectivity index (χ3n) is 4.01. The Kier molecular flexibility index (Phi) is 3.20. The first-order valence-electron chi connectivity index (χ1n) is 7.08. The molecule has 6 heteroatoms. The topological polar surface area (TPSA) is 46.2 Å². The molecule has 5 nitrogen and oxygen atoms in total. The molecule has 0 aliphatic carbocycles. The Labute approximate surface area is 118 Å². The van der Waals surface area contributed by atoms with Gasteiger partial charge in [-0.05, 0) is 34.6 Å². The summed E-state index contributed by atoms with van der Waals surface area (Å²) in [6, 6.07) is 0. The van der Waals surface area contributed by atoms with Crippen molar-refractivity contribution in [3.63, 3.8) is 0 Å². The van der Waals surface area contributed by atoms with Gasteiger partial charge in [0.25, 0.3) is 0 Å². The third-order valence-corrected chi connectivity index (χ3v) is 4.01. The second-order valence-electron chi connectivity index (χ2n) is 6.94. The molecule has 3 rings (SSSR count). The van der Waals surface area contributed by atoms with Gasteiger partial charge >= 0.3 is 0 Å². The summed E-state index contributed by atoms with van der Waals surface area (Å²) >= 11 is 0. The molecule has 0 bridgehead atoms. The first-order chi connectivity index (χ1) is 9.10. The number of hydrogen-bond donors (Lipinski definition) is 0. The van der Waals surface area contributed by atoms with Crippen LogP contribution in [0, 0.1) is 0 Å². The van der Waals surface area contributed by atoms with Gasteiger partial charge in [-0.25, -0.2) is 4.39 Å². The molecule has 0 aromatic heterocycles. The Bertz CT molecular complexity index is 395. The van der Waals surface area contributed by atoms with Crippen LogP contribution in [0.25, 0.3) is 0 Å². The van der Waals surface area contributed by atoms with Crippen LogP contribution in [0.3, 0.4) is 0 Å². The lowest BCUT2D eigenvalue weighted by molar-refractivity contribution is -0.325. The van der Waals surface area contributed by atoms with E-state index in [2.05, 4.69) is 0 Å². The van der Waals surface area contributed by atoms with E-state index < -0.39 is 35.6 Å². The lowest BCUT2D eigenvalue weighted by atomic mass is 9.93. The quantitative estimate of drug-likeness (QED) is 0.680. The second kappa shape index (κ2) is 4.36. The van der Waals surface area contributed by atoms with E-state index >= 15 is 0 Å². The lowest BCUT2D eigenvalue weighted by Crippen LogP contribution is -2.56. The van der Waals surface area contributed by atoms with Crippen LogP contribution in [-0.2, 0) is 23.7 Å². The molecule has 2 unspecified atom stereocenters. The van der Waals surface area contributed by atoms with Gasteiger partial charge in [-0.15, -0.1) is 0 Å². The van der Waals surface area contributed by atoms with Crippen molar-refractivity contribution >= 4 is 0 Å². The molecule has 0 radical (unpaired) electrons. The zero-order valence-electron chi connectivity index (χ0n) is 12.6. The molecule has 0 aromatic rings. The molecule has 0 amide bonds. The lowest BCUT2D eigenvalue weighted by Gasteiger charge is -2.42. The number of alkyl halides is 1. The van der Waals surface area contributed by atoms with Crippen LogP contribution < -0.4 is 0 Å². The Morgan fingerprint density at radius 3 is 2.25 bits per heavy atom. The minimum absolute atomic E-state index is 0.0536. The van der Waals surface area contributed by atoms with E-state index in [4.69, 9.17) is 23.7 Å². The number of rotatable bonds is 0. The minimum Gasteiger partial charge on any atom is -0.370 e. The van der Waals surface area contributed by atoms with Crippen LogP contribution in [0.4, 0.5) is 4.39 Å². The second-order valence-corrected chi connectivity index (χ2v) is 6.94. The zero-order valence-corrected chi connectivity index (χ0v) is 12.6. The third kappa shape index (κ3) is 2.48. The fourth-order valence-corrected chi connectivity index (χ4v) is 3.08. The average Bonchev–Trinajstić information content (AvgIpc) is 2.59. The number of hydrogen-bond acceptors (Lipinski definition) is 5. The molecule has 3 saturated heterocycles. The van der Waals surface area contributed by atoms with Crippen molar-refractivity contribution in [2.24, 2.45) is 0 Å². The Balaban J connectivity index is 1.92. The van der Waals surface area contributed by atoms with Gasteiger partial charge in [0.05, 0.1) is 13.2 Å². The predicted molar refractivity (Wildman–Crippen MR) is 68.0 cm³/mol. The van der Waals surface area contributed by atoms with E-state index in [9.17, 15) is 4.39 Å². The molecule has 116 valence electrons. The van der Waals surface area contributed by atoms with Gasteiger partial charge in [0, 0.05) is 0 Å². The van der Waals surface area contributed by atoms with Crippen molar-refractivity contribution in [3.05, 3.63) is 0 Å². The summed E-state index contributed by atoms with van der Waals surface area (Å²) in [5.41, 5.74) is -1.62. The molecule has 3 aliphatic rings. The smallest absolute Gasteiger partial charge is 0.164 e. The molecular weight excluding hydrogens is 267 g/mol. The summed E-state index contributed by atoms with van der Waals surface area (Å²) < 4.78 is 43.7. The van der Waals surface area contributed by atoms with Gasteiger partial charge in [0.1, 0.15) is 24.4 Å². The summed E-state index contributed by atoms with van der Waals surface area (Å²) in [5, 5.41) is 0. The molecule has 20 heavy (non-hydrogen) atoms. The monoisotopic (exact) mass is 290 g/mol. The van der Waals surface area contributed by atoms with Crippen molar-refractivity contribution in [1.29, 1.82) is 0 Å². The van der Waals surface area contributed by atoms with E-state index in [0.29, 0.717) is 6.61 Å². The highest BCUT2D eigenvalue weighted by Crippen LogP contribution is 2.43. The molecule has 5 atom stereocenters. The van der Waals surface area contributed by atoms with Crippen molar-refractivity contribution < 1.29 is 28.1 Å². The van der Waals surface area contributed by atoms with Crippen LogP contribution in [-0.4, -0.2) is 54.9 Å². The highest BCUT2D eigenvalue weighted by molar-refractivity contribution is 5.03. The maximum absolute atomic E-state index is 14.8. The first-order valence-corrected chi connectivity index (χ1v) is 7.08. The Morgan fingerprint density at radius 1 is 0.900 bits per heavy atom. The van der Waals surface area contributed by atoms with E-state index in [0.717, 1.165) is 0 Å². The number of ether oxygens (including phenoxy) is 5. The molecule has 0 saturated carbocycles. The SMILES string of the molecule is CC1(C)OCC2OC[C@](C)(F)[C@H]3OC(C)(C)OC3[C@@H]2O1. The van der Waals surface area contributed by atoms with E-state index in [1.165, 1.54) is 6.92 Å². The van der Waals surface area contributed by atoms with Crippen LogP contribution >= 0.6 is 0 Å². The van der Waals surface area contributed by atoms with Gasteiger partial charge in [-0.1, -0.05) is 0 Å². The van der Waals surface area contributed by atoms with Crippen molar-refractivity contribution in [1.82, 2.24) is 0 Å². The largest absolute Gasteiger partial charge is 0.370 e. The van der Waals surface area contributed by atoms with E-state index in [1.807, 2.05) is 13.8 Å². The fraction of sp³-hybridized carbons (Fsp3) is 1.00. The standard InChI is InChI=1S/C14H23FO5/c1-12(2)17-6-8-9(18-12)10-11(14(5,15)7-16-8)20-13(3,4)19-10/h8-11H,6-7H2,1-5H3/t8?,9-,10?,11+,14+/m1/s1. The zero-order chi connectivity index (χ0) is 14.8. The molecular formula is C14H23FO5. The number of fused-ring (bicyclic) bond motifs is 3. The molecule has 3 aliphatic heterocycles. The fourth-order valence-electron chi connectivity index (χ4n) is 3.08. The average molecular weight is 290 g/mol. The van der Waals surface area contributed by atoms with Crippen molar-refractivity contribution in [3.8, 4) is 0 Å². The maximum atomic E-state index is 14.8. The highest BCUT2D eigenvalue weighted by Gasteiger charge is 2.60. The van der Waals surface area contributed by atoms with Gasteiger partial charge in [-0.3, -0.25) is 0 Å². The molecule has 3 fully saturated rings. The Hall–Kier alpha value is -0.270. The first kappa shape index (κ1) is 14.7. The van der Waals surface area contributed by atoms with Crippen LogP contribution in [0.1, 0.15) is 34.6 Å². The summed E-state index contributed by atoms with van der Waals surface area (Å²) in [7, 11) is 0. The molecule has 3 heterocycles. The van der Waals surface area contributed by atoms with Gasteiger partial charge in [-0.2, -0.15) is 0 Å². The van der Waals surface area contributed by atoms with Gasteiger partial charge < -0.3 is 23.7 Å². The van der Waals surface area contributed by atoms with Crippen LogP contribution in [0.2, 0.25) is 0 Å². The summed E-state index contributed by atoms with van der Waals surface area (Å²) in [4.78, 5) is 0. The molecule has 0 spiro atoms. The molecule has 0 aromatic carbocycles. The van der Waals surface area contributed by atoms with Gasteiger partial charge in [0.2, 0.25) is 0 Å². The van der Waals surface area contributed by atoms with Crippen molar-refractivity contribution in [2.45, 2.75) is 76.3 Å². The van der Waals surface area contributed by atoms with E-state index in [-0.39, 0.29) is 12.7 Å². The van der Waals surface area contributed by atoms with E-state index in [1.54, 1.807) is 13.8 Å². The maximum Gasteiger partial charge on any atom is 0.164 e. The summed E-state index contributed by atoms with van der Waals surface area (Å²) in [5.74, 6) is -1.56. The highest BCUT2D eigenvalue weighted by atomic mass is 19.1. The number of halogens is 1.